The van der Waals surface area contributed by atoms with Gasteiger partial charge in [0.05, 0.1) is 5.02 Å². The van der Waals surface area contributed by atoms with Gasteiger partial charge in [-0.25, -0.2) is 9.50 Å². The quantitative estimate of drug-likeness (QED) is 0.661. The molecule has 84 valence electrons. The van der Waals surface area contributed by atoms with E-state index in [1.54, 1.807) is 29.2 Å². The number of fused-ring (bicyclic) bond motifs is 1. The van der Waals surface area contributed by atoms with E-state index in [2.05, 4.69) is 15.1 Å². The smallest absolute Gasteiger partial charge is 0.183 e. The molecule has 0 atom stereocenters. The van der Waals surface area contributed by atoms with Gasteiger partial charge in [0.1, 0.15) is 0 Å². The zero-order valence-electron chi connectivity index (χ0n) is 9.13. The molecule has 0 radical (unpaired) electrons. The molecule has 0 aliphatic carbocycles. The van der Waals surface area contributed by atoms with Crippen molar-refractivity contribution in [1.82, 2.24) is 19.6 Å². The summed E-state index contributed by atoms with van der Waals surface area (Å²) in [5.41, 5.74) is 2.81. The van der Waals surface area contributed by atoms with Crippen LogP contribution in [0.3, 0.4) is 0 Å². The van der Waals surface area contributed by atoms with Gasteiger partial charge in [0.15, 0.2) is 11.5 Å². The third-order valence-electron chi connectivity index (χ3n) is 2.57. The van der Waals surface area contributed by atoms with E-state index in [1.165, 1.54) is 0 Å². The molecule has 0 fully saturated rings. The van der Waals surface area contributed by atoms with Crippen LogP contribution in [0, 0.1) is 6.92 Å². The molecule has 3 aromatic rings. The Morgan fingerprint density at radius 3 is 2.94 bits per heavy atom. The number of nitrogens with zero attached hydrogens (tertiary/aromatic N) is 4. The van der Waals surface area contributed by atoms with Crippen molar-refractivity contribution < 1.29 is 0 Å². The molecule has 0 aliphatic rings. The highest BCUT2D eigenvalue weighted by Gasteiger charge is 2.08. The highest BCUT2D eigenvalue weighted by Crippen LogP contribution is 2.19. The van der Waals surface area contributed by atoms with E-state index in [9.17, 15) is 0 Å². The summed E-state index contributed by atoms with van der Waals surface area (Å²) in [7, 11) is 0. The number of aryl methyl sites for hydroxylation is 1. The highest BCUT2D eigenvalue weighted by atomic mass is 35.5. The second-order valence-electron chi connectivity index (χ2n) is 3.78. The first-order valence-corrected chi connectivity index (χ1v) is 5.55. The molecule has 0 spiro atoms. The topological polar surface area (TPSA) is 43.1 Å². The molecule has 0 aromatic carbocycles. The molecule has 3 rings (SSSR count). The van der Waals surface area contributed by atoms with Crippen LogP contribution in [-0.4, -0.2) is 19.6 Å². The lowest BCUT2D eigenvalue weighted by Crippen LogP contribution is -1.88. The number of halogens is 1. The van der Waals surface area contributed by atoms with Crippen molar-refractivity contribution in [3.05, 3.63) is 47.4 Å². The molecule has 0 amide bonds. The van der Waals surface area contributed by atoms with Crippen LogP contribution in [-0.2, 0) is 0 Å². The van der Waals surface area contributed by atoms with Crippen molar-refractivity contribution in [2.75, 3.05) is 0 Å². The summed E-state index contributed by atoms with van der Waals surface area (Å²) < 4.78 is 1.67. The van der Waals surface area contributed by atoms with Gasteiger partial charge >= 0.3 is 0 Å². The average Bonchev–Trinajstić information content (AvgIpc) is 2.72. The Bertz CT molecular complexity index is 690. The molecular weight excluding hydrogens is 236 g/mol. The molecule has 17 heavy (non-hydrogen) atoms. The minimum atomic E-state index is 0.636. The van der Waals surface area contributed by atoms with Crippen LogP contribution in [0.5, 0.6) is 0 Å². The molecule has 0 aliphatic heterocycles. The zero-order chi connectivity index (χ0) is 11.8. The summed E-state index contributed by atoms with van der Waals surface area (Å²) in [5, 5.41) is 5.02. The molecule has 0 unspecified atom stereocenters. The largest absolute Gasteiger partial charge is 0.264 e. The Morgan fingerprint density at radius 1 is 1.24 bits per heavy atom. The van der Waals surface area contributed by atoms with Crippen LogP contribution in [0.2, 0.25) is 5.02 Å². The van der Waals surface area contributed by atoms with Crippen molar-refractivity contribution in [1.29, 1.82) is 0 Å². The first-order chi connectivity index (χ1) is 8.24. The molecule has 0 N–H and O–H groups in total. The third-order valence-corrected chi connectivity index (χ3v) is 2.80. The summed E-state index contributed by atoms with van der Waals surface area (Å²) in [4.78, 5) is 8.53. The van der Waals surface area contributed by atoms with Gasteiger partial charge in [-0.05, 0) is 30.7 Å². The van der Waals surface area contributed by atoms with E-state index < -0.39 is 0 Å². The maximum Gasteiger partial charge on any atom is 0.183 e. The second kappa shape index (κ2) is 3.82. The maximum absolute atomic E-state index is 5.90. The minimum Gasteiger partial charge on any atom is -0.264 e. The van der Waals surface area contributed by atoms with Crippen molar-refractivity contribution in [3.8, 4) is 11.4 Å². The van der Waals surface area contributed by atoms with E-state index >= 15 is 0 Å². The van der Waals surface area contributed by atoms with Gasteiger partial charge in [0.25, 0.3) is 0 Å². The lowest BCUT2D eigenvalue weighted by atomic mass is 10.1. The van der Waals surface area contributed by atoms with E-state index in [-0.39, 0.29) is 0 Å². The number of rotatable bonds is 1. The Hall–Kier alpha value is -1.94. The van der Waals surface area contributed by atoms with Crippen LogP contribution in [0.4, 0.5) is 0 Å². The SMILES string of the molecule is Cc1ccncc1-c1nc2ccc(Cl)cn2n1. The molecule has 3 aromatic heterocycles. The molecule has 0 bridgehead atoms. The predicted octanol–water partition coefficient (Wildman–Crippen LogP) is 2.75. The predicted molar refractivity (Wildman–Crippen MR) is 66.0 cm³/mol. The fourth-order valence-electron chi connectivity index (χ4n) is 1.67. The molecule has 4 nitrogen and oxygen atoms in total. The molecule has 0 saturated heterocycles. The van der Waals surface area contributed by atoms with Gasteiger partial charge < -0.3 is 0 Å². The van der Waals surface area contributed by atoms with Crippen molar-refractivity contribution in [2.45, 2.75) is 6.92 Å². The van der Waals surface area contributed by atoms with Crippen molar-refractivity contribution in [3.63, 3.8) is 0 Å². The van der Waals surface area contributed by atoms with Crippen LogP contribution in [0.1, 0.15) is 5.56 Å². The van der Waals surface area contributed by atoms with Gasteiger partial charge in [-0.3, -0.25) is 4.98 Å². The molecule has 5 heteroatoms. The fraction of sp³-hybridized carbons (Fsp3) is 0.0833. The molecular formula is C12H9ClN4. The average molecular weight is 245 g/mol. The van der Waals surface area contributed by atoms with Gasteiger partial charge in [-0.2, -0.15) is 0 Å². The molecule has 3 heterocycles. The zero-order valence-corrected chi connectivity index (χ0v) is 9.89. The molecule has 0 saturated carbocycles. The first kappa shape index (κ1) is 10.2. The van der Waals surface area contributed by atoms with Crippen LogP contribution >= 0.6 is 11.6 Å². The number of hydrogen-bond donors (Lipinski definition) is 0. The van der Waals surface area contributed by atoms with E-state index in [0.29, 0.717) is 10.8 Å². The van der Waals surface area contributed by atoms with Crippen molar-refractivity contribution >= 4 is 17.2 Å². The van der Waals surface area contributed by atoms with Gasteiger partial charge in [-0.1, -0.05) is 11.6 Å². The van der Waals surface area contributed by atoms with E-state index in [4.69, 9.17) is 11.6 Å². The normalized spacial score (nSPS) is 10.9. The second-order valence-corrected chi connectivity index (χ2v) is 4.21. The van der Waals surface area contributed by atoms with Crippen LogP contribution < -0.4 is 0 Å². The summed E-state index contributed by atoms with van der Waals surface area (Å²) in [6, 6.07) is 5.57. The van der Waals surface area contributed by atoms with Crippen LogP contribution in [0.25, 0.3) is 17.0 Å². The standard InChI is InChI=1S/C12H9ClN4/c1-8-4-5-14-6-10(8)12-15-11-3-2-9(13)7-17(11)16-12/h2-7H,1H3. The number of aromatic nitrogens is 4. The third kappa shape index (κ3) is 1.76. The Labute approximate surface area is 103 Å². The Morgan fingerprint density at radius 2 is 2.12 bits per heavy atom. The lowest BCUT2D eigenvalue weighted by molar-refractivity contribution is 0.964. The monoisotopic (exact) mass is 244 g/mol. The van der Waals surface area contributed by atoms with Crippen LogP contribution in [0.15, 0.2) is 36.8 Å². The van der Waals surface area contributed by atoms with E-state index in [0.717, 1.165) is 16.8 Å². The van der Waals surface area contributed by atoms with Gasteiger partial charge in [0, 0.05) is 24.2 Å². The maximum atomic E-state index is 5.90. The fourth-order valence-corrected chi connectivity index (χ4v) is 1.83. The van der Waals surface area contributed by atoms with E-state index in [1.807, 2.05) is 19.1 Å². The number of hydrogen-bond acceptors (Lipinski definition) is 3. The summed E-state index contributed by atoms with van der Waals surface area (Å²) >= 11 is 5.90. The minimum absolute atomic E-state index is 0.636. The number of pyridine rings is 2. The van der Waals surface area contributed by atoms with Gasteiger partial charge in [-0.15, -0.1) is 5.10 Å². The van der Waals surface area contributed by atoms with Gasteiger partial charge in [0.2, 0.25) is 0 Å². The first-order valence-electron chi connectivity index (χ1n) is 5.17. The Kier molecular flexibility index (Phi) is 2.30. The Balaban J connectivity index is 2.22. The highest BCUT2D eigenvalue weighted by molar-refractivity contribution is 6.30. The summed E-state index contributed by atoms with van der Waals surface area (Å²) in [6.45, 7) is 2.01. The lowest BCUT2D eigenvalue weighted by Gasteiger charge is -1.97. The summed E-state index contributed by atoms with van der Waals surface area (Å²) in [5.74, 6) is 0.665. The summed E-state index contributed by atoms with van der Waals surface area (Å²) in [6.07, 6.45) is 5.26. The van der Waals surface area contributed by atoms with Crippen molar-refractivity contribution in [2.24, 2.45) is 0 Å².